The first-order valence-electron chi connectivity index (χ1n) is 6.74. The van der Waals surface area contributed by atoms with Crippen molar-refractivity contribution in [2.24, 2.45) is 0 Å². The van der Waals surface area contributed by atoms with E-state index < -0.39 is 11.7 Å². The lowest BCUT2D eigenvalue weighted by molar-refractivity contribution is -0.137. The Kier molecular flexibility index (Phi) is 3.97. The number of carbonyl (C=O) groups is 1. The number of hydrogen-bond donors (Lipinski definition) is 0. The molecule has 2 aromatic rings. The molecule has 0 unspecified atom stereocenters. The van der Waals surface area contributed by atoms with Crippen LogP contribution in [0.15, 0.2) is 23.8 Å². The number of halogens is 3. The van der Waals surface area contributed by atoms with E-state index in [1.807, 2.05) is 0 Å². The number of nitrogens with zero attached hydrogens (tertiary/aromatic N) is 3. The molecule has 23 heavy (non-hydrogen) atoms. The van der Waals surface area contributed by atoms with Gasteiger partial charge in [0.25, 0.3) is 5.91 Å². The van der Waals surface area contributed by atoms with E-state index in [2.05, 4.69) is 9.97 Å². The zero-order chi connectivity index (χ0) is 16.6. The maximum Gasteiger partial charge on any atom is 0.416 e. The molecule has 0 bridgehead atoms. The highest BCUT2D eigenvalue weighted by Gasteiger charge is 2.35. The summed E-state index contributed by atoms with van der Waals surface area (Å²) >= 11 is 1.26. The number of thiazole rings is 1. The first-order valence-corrected chi connectivity index (χ1v) is 7.62. The van der Waals surface area contributed by atoms with Crippen LogP contribution < -0.4 is 4.74 Å². The van der Waals surface area contributed by atoms with Crippen LogP contribution in [0.4, 0.5) is 13.2 Å². The number of aryl methyl sites for hydroxylation is 1. The van der Waals surface area contributed by atoms with E-state index in [0.717, 1.165) is 18.3 Å². The van der Waals surface area contributed by atoms with E-state index in [1.165, 1.54) is 11.3 Å². The molecule has 1 saturated heterocycles. The van der Waals surface area contributed by atoms with E-state index >= 15 is 0 Å². The third-order valence-electron chi connectivity index (χ3n) is 3.42. The second-order valence-corrected chi connectivity index (χ2v) is 5.95. The van der Waals surface area contributed by atoms with Gasteiger partial charge in [-0.3, -0.25) is 4.79 Å². The number of carbonyl (C=O) groups excluding carboxylic acids is 1. The summed E-state index contributed by atoms with van der Waals surface area (Å²) in [5.41, 5.74) is 1.46. The van der Waals surface area contributed by atoms with Crippen molar-refractivity contribution >= 4 is 17.2 Å². The van der Waals surface area contributed by atoms with Crippen LogP contribution in [0.2, 0.25) is 0 Å². The van der Waals surface area contributed by atoms with Gasteiger partial charge in [-0.25, -0.2) is 9.97 Å². The van der Waals surface area contributed by atoms with Gasteiger partial charge in [-0.2, -0.15) is 13.2 Å². The smallest absolute Gasteiger partial charge is 0.416 e. The number of pyridine rings is 1. The van der Waals surface area contributed by atoms with Gasteiger partial charge in [0.15, 0.2) is 0 Å². The number of rotatable bonds is 3. The number of alkyl halides is 3. The van der Waals surface area contributed by atoms with Gasteiger partial charge in [-0.05, 0) is 13.0 Å². The molecule has 1 amide bonds. The summed E-state index contributed by atoms with van der Waals surface area (Å²) in [4.78, 5) is 22.1. The quantitative estimate of drug-likeness (QED) is 0.860. The van der Waals surface area contributed by atoms with Crippen molar-refractivity contribution in [2.75, 3.05) is 13.1 Å². The molecule has 9 heteroatoms. The fraction of sp³-hybridized carbons (Fsp3) is 0.357. The first kappa shape index (κ1) is 15.7. The van der Waals surface area contributed by atoms with Crippen LogP contribution in [0.25, 0.3) is 0 Å². The Morgan fingerprint density at radius 1 is 1.39 bits per heavy atom. The topological polar surface area (TPSA) is 55.3 Å². The normalized spacial score (nSPS) is 15.4. The average molecular weight is 343 g/mol. The van der Waals surface area contributed by atoms with Crippen molar-refractivity contribution in [1.82, 2.24) is 14.9 Å². The maximum absolute atomic E-state index is 12.6. The predicted octanol–water partition coefficient (Wildman–Crippen LogP) is 2.77. The Hall–Kier alpha value is -2.16. The highest BCUT2D eigenvalue weighted by Crippen LogP contribution is 2.31. The average Bonchev–Trinajstić information content (AvgIpc) is 2.87. The molecule has 0 aromatic carbocycles. The van der Waals surface area contributed by atoms with Crippen LogP contribution in [0.1, 0.15) is 20.9 Å². The number of likely N-dealkylation sites (tertiary alicyclic amines) is 1. The van der Waals surface area contributed by atoms with E-state index in [-0.39, 0.29) is 17.9 Å². The maximum atomic E-state index is 12.6. The zero-order valence-electron chi connectivity index (χ0n) is 12.0. The summed E-state index contributed by atoms with van der Waals surface area (Å²) in [7, 11) is 0. The first-order chi connectivity index (χ1) is 10.8. The van der Waals surface area contributed by atoms with Crippen molar-refractivity contribution < 1.29 is 22.7 Å². The molecular formula is C14H12F3N3O2S. The molecule has 1 fully saturated rings. The van der Waals surface area contributed by atoms with Gasteiger partial charge in [-0.1, -0.05) is 0 Å². The summed E-state index contributed by atoms with van der Waals surface area (Å²) in [6, 6.07) is 1.74. The van der Waals surface area contributed by atoms with Gasteiger partial charge >= 0.3 is 6.18 Å². The summed E-state index contributed by atoms with van der Waals surface area (Å²) in [6.45, 7) is 2.38. The molecule has 1 aliphatic heterocycles. The Balaban J connectivity index is 1.59. The second kappa shape index (κ2) is 5.80. The molecule has 3 heterocycles. The minimum atomic E-state index is -4.44. The third kappa shape index (κ3) is 3.29. The van der Waals surface area contributed by atoms with Gasteiger partial charge in [0, 0.05) is 12.3 Å². The number of ether oxygens (including phenoxy) is 1. The minimum Gasteiger partial charge on any atom is -0.471 e. The molecule has 0 atom stereocenters. The Morgan fingerprint density at radius 3 is 2.74 bits per heavy atom. The van der Waals surface area contributed by atoms with Crippen LogP contribution in [0, 0.1) is 6.92 Å². The molecule has 0 N–H and O–H groups in total. The van der Waals surface area contributed by atoms with Gasteiger partial charge in [0.1, 0.15) is 11.0 Å². The number of aromatic nitrogens is 2. The molecular weight excluding hydrogens is 331 g/mol. The van der Waals surface area contributed by atoms with Crippen LogP contribution in [-0.4, -0.2) is 40.0 Å². The van der Waals surface area contributed by atoms with Crippen molar-refractivity contribution in [3.05, 3.63) is 40.0 Å². The summed E-state index contributed by atoms with van der Waals surface area (Å²) in [5, 5.41) is 0. The third-order valence-corrected chi connectivity index (χ3v) is 4.34. The molecule has 3 rings (SSSR count). The Bertz CT molecular complexity index is 726. The van der Waals surface area contributed by atoms with Crippen molar-refractivity contribution in [2.45, 2.75) is 19.2 Å². The van der Waals surface area contributed by atoms with E-state index in [4.69, 9.17) is 4.74 Å². The monoisotopic (exact) mass is 343 g/mol. The van der Waals surface area contributed by atoms with Gasteiger partial charge in [0.2, 0.25) is 5.88 Å². The molecule has 1 aliphatic rings. The van der Waals surface area contributed by atoms with Gasteiger partial charge < -0.3 is 9.64 Å². The van der Waals surface area contributed by atoms with Crippen LogP contribution in [0.3, 0.4) is 0 Å². The highest BCUT2D eigenvalue weighted by molar-refractivity contribution is 7.11. The number of hydrogen-bond acceptors (Lipinski definition) is 5. The predicted molar refractivity (Wildman–Crippen MR) is 76.4 cm³/mol. The molecule has 0 aliphatic carbocycles. The zero-order valence-corrected chi connectivity index (χ0v) is 12.8. The lowest BCUT2D eigenvalue weighted by Gasteiger charge is -2.38. The molecule has 0 radical (unpaired) electrons. The lowest BCUT2D eigenvalue weighted by atomic mass is 10.1. The lowest BCUT2D eigenvalue weighted by Crippen LogP contribution is -2.56. The van der Waals surface area contributed by atoms with E-state index in [9.17, 15) is 18.0 Å². The highest BCUT2D eigenvalue weighted by atomic mass is 32.1. The minimum absolute atomic E-state index is 0.0918. The van der Waals surface area contributed by atoms with E-state index in [1.54, 1.807) is 17.3 Å². The van der Waals surface area contributed by atoms with Crippen LogP contribution in [-0.2, 0) is 6.18 Å². The summed E-state index contributed by atoms with van der Waals surface area (Å²) in [5.74, 6) is -0.229. The van der Waals surface area contributed by atoms with Crippen LogP contribution >= 0.6 is 11.3 Å². The van der Waals surface area contributed by atoms with E-state index in [0.29, 0.717) is 23.7 Å². The molecule has 2 aromatic heterocycles. The Morgan fingerprint density at radius 2 is 2.13 bits per heavy atom. The molecule has 5 nitrogen and oxygen atoms in total. The molecule has 122 valence electrons. The largest absolute Gasteiger partial charge is 0.471 e. The SMILES string of the molecule is Cc1ncsc1C(=O)N1CC(Oc2cc(C(F)(F)F)ccn2)C1. The second-order valence-electron chi connectivity index (χ2n) is 5.10. The number of amides is 1. The van der Waals surface area contributed by atoms with Gasteiger partial charge in [-0.15, -0.1) is 11.3 Å². The summed E-state index contributed by atoms with van der Waals surface area (Å²) < 4.78 is 43.3. The Labute approximate surface area is 133 Å². The fourth-order valence-electron chi connectivity index (χ4n) is 2.15. The molecule has 0 spiro atoms. The van der Waals surface area contributed by atoms with Crippen LogP contribution in [0.5, 0.6) is 5.88 Å². The summed E-state index contributed by atoms with van der Waals surface area (Å²) in [6.07, 6.45) is -3.74. The van der Waals surface area contributed by atoms with Gasteiger partial charge in [0.05, 0.1) is 29.9 Å². The standard InChI is InChI=1S/C14H12F3N3O2S/c1-8-12(23-7-19-8)13(21)20-5-10(6-20)22-11-4-9(2-3-18-11)14(15,16)17/h2-4,7,10H,5-6H2,1H3. The van der Waals surface area contributed by atoms with Crippen molar-refractivity contribution in [1.29, 1.82) is 0 Å². The fourth-order valence-corrected chi connectivity index (χ4v) is 2.92. The van der Waals surface area contributed by atoms with Crippen molar-refractivity contribution in [3.8, 4) is 5.88 Å². The van der Waals surface area contributed by atoms with Crippen molar-refractivity contribution in [3.63, 3.8) is 0 Å². The molecule has 0 saturated carbocycles.